The van der Waals surface area contributed by atoms with Crippen LogP contribution in [0.1, 0.15) is 83.0 Å². The summed E-state index contributed by atoms with van der Waals surface area (Å²) in [5.74, 6) is -0.763. The van der Waals surface area contributed by atoms with Gasteiger partial charge < -0.3 is 25.4 Å². The van der Waals surface area contributed by atoms with E-state index in [-0.39, 0.29) is 18.0 Å². The van der Waals surface area contributed by atoms with Gasteiger partial charge in [-0.25, -0.2) is 4.79 Å². The van der Waals surface area contributed by atoms with E-state index in [1.807, 2.05) is 39.0 Å². The van der Waals surface area contributed by atoms with Crippen LogP contribution in [0.3, 0.4) is 0 Å². The van der Waals surface area contributed by atoms with Gasteiger partial charge in [0, 0.05) is 12.1 Å². The van der Waals surface area contributed by atoms with Crippen molar-refractivity contribution in [1.29, 1.82) is 0 Å². The van der Waals surface area contributed by atoms with Gasteiger partial charge in [-0.05, 0) is 71.9 Å². The first-order chi connectivity index (χ1) is 15.9. The van der Waals surface area contributed by atoms with Crippen molar-refractivity contribution >= 4 is 17.9 Å². The second-order valence-electron chi connectivity index (χ2n) is 10.3. The van der Waals surface area contributed by atoms with Crippen LogP contribution in [0, 0.1) is 13.8 Å². The molecular weight excluding hydrogens is 434 g/mol. The molecule has 1 aliphatic rings. The van der Waals surface area contributed by atoms with Crippen molar-refractivity contribution in [1.82, 2.24) is 15.5 Å². The maximum absolute atomic E-state index is 13.7. The fraction of sp³-hybridized carbons (Fsp3) is 0.654. The van der Waals surface area contributed by atoms with Gasteiger partial charge in [-0.2, -0.15) is 0 Å². The average molecular weight is 476 g/mol. The Kier molecular flexibility index (Phi) is 9.50. The summed E-state index contributed by atoms with van der Waals surface area (Å²) in [4.78, 5) is 41.1. The number of hydrogen-bond donors (Lipinski definition) is 3. The van der Waals surface area contributed by atoms with E-state index >= 15 is 0 Å². The molecule has 34 heavy (non-hydrogen) atoms. The van der Waals surface area contributed by atoms with Crippen LogP contribution in [0.2, 0.25) is 0 Å². The first-order valence-electron chi connectivity index (χ1n) is 12.2. The van der Waals surface area contributed by atoms with E-state index in [1.54, 1.807) is 25.7 Å². The van der Waals surface area contributed by atoms with E-state index in [4.69, 9.17) is 4.74 Å². The van der Waals surface area contributed by atoms with Gasteiger partial charge in [-0.15, -0.1) is 0 Å². The summed E-state index contributed by atoms with van der Waals surface area (Å²) < 4.78 is 5.27. The van der Waals surface area contributed by atoms with E-state index in [0.717, 1.165) is 42.4 Å². The SMILES string of the molecule is CCCC(C)NC(=O)C(c1ccc(C)cc1C)N(C(=O)C(CO)NC(=O)OC(C)(C)C)C1CC1. The highest BCUT2D eigenvalue weighted by atomic mass is 16.6. The van der Waals surface area contributed by atoms with Crippen molar-refractivity contribution in [2.24, 2.45) is 0 Å². The molecule has 0 aromatic heterocycles. The standard InChI is InChI=1S/C26H41N3O5/c1-8-9-18(4)27-23(31)22(20-13-10-16(2)14-17(20)3)29(19-11-12-19)24(32)21(15-30)28-25(33)34-26(5,6)7/h10,13-14,18-19,21-22,30H,8-9,11-12,15H2,1-7H3,(H,27,31)(H,28,33). The summed E-state index contributed by atoms with van der Waals surface area (Å²) in [6.45, 7) is 12.5. The van der Waals surface area contributed by atoms with Crippen molar-refractivity contribution in [2.45, 2.75) is 104 Å². The van der Waals surface area contributed by atoms with Gasteiger partial charge in [0.15, 0.2) is 0 Å². The summed E-state index contributed by atoms with van der Waals surface area (Å²) in [6, 6.07) is 3.53. The zero-order valence-electron chi connectivity index (χ0n) is 21.6. The average Bonchev–Trinajstić information content (AvgIpc) is 3.54. The zero-order valence-corrected chi connectivity index (χ0v) is 21.6. The summed E-state index contributed by atoms with van der Waals surface area (Å²) in [7, 11) is 0. The fourth-order valence-corrected chi connectivity index (χ4v) is 4.06. The summed E-state index contributed by atoms with van der Waals surface area (Å²) in [6.07, 6.45) is 2.47. The highest BCUT2D eigenvalue weighted by molar-refractivity contribution is 5.93. The third-order valence-corrected chi connectivity index (χ3v) is 5.72. The Morgan fingerprint density at radius 3 is 2.32 bits per heavy atom. The third kappa shape index (κ3) is 7.72. The number of carbonyl (C=O) groups is 3. The van der Waals surface area contributed by atoms with Gasteiger partial charge in [0.25, 0.3) is 0 Å². The molecule has 8 heteroatoms. The summed E-state index contributed by atoms with van der Waals surface area (Å²) in [5, 5.41) is 15.5. The van der Waals surface area contributed by atoms with Crippen LogP contribution in [-0.2, 0) is 14.3 Å². The minimum atomic E-state index is -1.22. The molecule has 3 N–H and O–H groups in total. The maximum Gasteiger partial charge on any atom is 0.408 e. The maximum atomic E-state index is 13.7. The van der Waals surface area contributed by atoms with Gasteiger partial charge in [0.1, 0.15) is 17.7 Å². The van der Waals surface area contributed by atoms with E-state index in [0.29, 0.717) is 0 Å². The molecular formula is C26H41N3O5. The molecule has 3 atom stereocenters. The Balaban J connectivity index is 2.42. The molecule has 2 rings (SSSR count). The number of benzene rings is 1. The van der Waals surface area contributed by atoms with Crippen LogP contribution in [0.25, 0.3) is 0 Å². The number of ether oxygens (including phenoxy) is 1. The molecule has 1 aliphatic carbocycles. The zero-order chi connectivity index (χ0) is 25.6. The van der Waals surface area contributed by atoms with Crippen LogP contribution in [-0.4, -0.2) is 58.2 Å². The highest BCUT2D eigenvalue weighted by Gasteiger charge is 2.44. The largest absolute Gasteiger partial charge is 0.444 e. The number of hydrogen-bond acceptors (Lipinski definition) is 5. The molecule has 1 saturated carbocycles. The lowest BCUT2D eigenvalue weighted by Crippen LogP contribution is -2.55. The van der Waals surface area contributed by atoms with E-state index in [9.17, 15) is 19.5 Å². The highest BCUT2D eigenvalue weighted by Crippen LogP contribution is 2.36. The van der Waals surface area contributed by atoms with Crippen LogP contribution in [0.15, 0.2) is 18.2 Å². The molecule has 1 aromatic carbocycles. The predicted octanol–water partition coefficient (Wildman–Crippen LogP) is 3.53. The Labute approximate surface area is 203 Å². The molecule has 0 radical (unpaired) electrons. The second kappa shape index (κ2) is 11.7. The molecule has 0 aliphatic heterocycles. The number of aliphatic hydroxyl groups is 1. The summed E-state index contributed by atoms with van der Waals surface area (Å²) >= 11 is 0. The van der Waals surface area contributed by atoms with Gasteiger partial charge in [-0.1, -0.05) is 37.1 Å². The minimum Gasteiger partial charge on any atom is -0.444 e. The number of aliphatic hydroxyl groups excluding tert-OH is 1. The van der Waals surface area contributed by atoms with Crippen molar-refractivity contribution in [3.63, 3.8) is 0 Å². The van der Waals surface area contributed by atoms with Crippen LogP contribution < -0.4 is 10.6 Å². The van der Waals surface area contributed by atoms with Crippen molar-refractivity contribution < 1.29 is 24.2 Å². The molecule has 0 heterocycles. The van der Waals surface area contributed by atoms with Crippen molar-refractivity contribution in [3.8, 4) is 0 Å². The lowest BCUT2D eigenvalue weighted by Gasteiger charge is -2.35. The quantitative estimate of drug-likeness (QED) is 0.480. The summed E-state index contributed by atoms with van der Waals surface area (Å²) in [5.41, 5.74) is 1.95. The molecule has 3 amide bonds. The topological polar surface area (TPSA) is 108 Å². The molecule has 0 saturated heterocycles. The smallest absolute Gasteiger partial charge is 0.408 e. The van der Waals surface area contributed by atoms with Crippen LogP contribution >= 0.6 is 0 Å². The second-order valence-corrected chi connectivity index (χ2v) is 10.3. The Bertz CT molecular complexity index is 876. The molecule has 190 valence electrons. The first-order valence-corrected chi connectivity index (χ1v) is 12.2. The third-order valence-electron chi connectivity index (χ3n) is 5.72. The Hall–Kier alpha value is -2.61. The number of aryl methyl sites for hydroxylation is 2. The number of nitrogens with one attached hydrogen (secondary N) is 2. The number of alkyl carbamates (subject to hydrolysis) is 1. The van der Waals surface area contributed by atoms with E-state index in [1.165, 1.54) is 0 Å². The van der Waals surface area contributed by atoms with Crippen LogP contribution in [0.5, 0.6) is 0 Å². The van der Waals surface area contributed by atoms with Crippen molar-refractivity contribution in [2.75, 3.05) is 6.61 Å². The molecule has 0 spiro atoms. The lowest BCUT2D eigenvalue weighted by atomic mass is 9.96. The van der Waals surface area contributed by atoms with Gasteiger partial charge in [0.2, 0.25) is 11.8 Å². The lowest BCUT2D eigenvalue weighted by molar-refractivity contribution is -0.144. The number of rotatable bonds is 10. The Morgan fingerprint density at radius 1 is 1.18 bits per heavy atom. The predicted molar refractivity (Wildman–Crippen MR) is 131 cm³/mol. The van der Waals surface area contributed by atoms with E-state index < -0.39 is 36.3 Å². The van der Waals surface area contributed by atoms with Gasteiger partial charge in [-0.3, -0.25) is 9.59 Å². The van der Waals surface area contributed by atoms with Crippen LogP contribution in [0.4, 0.5) is 4.79 Å². The number of carbonyl (C=O) groups excluding carboxylic acids is 3. The van der Waals surface area contributed by atoms with Gasteiger partial charge >= 0.3 is 6.09 Å². The Morgan fingerprint density at radius 2 is 1.82 bits per heavy atom. The van der Waals surface area contributed by atoms with Gasteiger partial charge in [0.05, 0.1) is 6.61 Å². The monoisotopic (exact) mass is 475 g/mol. The number of amides is 3. The first kappa shape index (κ1) is 27.6. The van der Waals surface area contributed by atoms with Crippen molar-refractivity contribution in [3.05, 3.63) is 34.9 Å². The molecule has 3 unspecified atom stereocenters. The normalized spacial score (nSPS) is 16.2. The van der Waals surface area contributed by atoms with E-state index in [2.05, 4.69) is 17.6 Å². The number of nitrogens with zero attached hydrogens (tertiary/aromatic N) is 1. The minimum absolute atomic E-state index is 0.0459. The molecule has 8 nitrogen and oxygen atoms in total. The molecule has 1 fully saturated rings. The fourth-order valence-electron chi connectivity index (χ4n) is 4.06. The molecule has 1 aromatic rings. The molecule has 0 bridgehead atoms.